The standard InChI is InChI=1S/C14H22N2O2S2/c1-11-9-16(10-12(11)2)20(17,18)7-6-19-14-5-3-4-13(15)8-14/h3-5,8,11-12H,6-7,9-10,15H2,1-2H3. The summed E-state index contributed by atoms with van der Waals surface area (Å²) in [4.78, 5) is 1.02. The highest BCUT2D eigenvalue weighted by atomic mass is 32.2. The summed E-state index contributed by atoms with van der Waals surface area (Å²) in [5, 5.41) is 0. The molecule has 0 saturated carbocycles. The van der Waals surface area contributed by atoms with E-state index in [-0.39, 0.29) is 5.75 Å². The van der Waals surface area contributed by atoms with Crippen LogP contribution in [0.3, 0.4) is 0 Å². The summed E-state index contributed by atoms with van der Waals surface area (Å²) in [6.45, 7) is 5.54. The minimum absolute atomic E-state index is 0.186. The highest BCUT2D eigenvalue weighted by Gasteiger charge is 2.33. The van der Waals surface area contributed by atoms with Gasteiger partial charge in [-0.05, 0) is 30.0 Å². The van der Waals surface area contributed by atoms with Gasteiger partial charge in [0.1, 0.15) is 0 Å². The van der Waals surface area contributed by atoms with Crippen LogP contribution in [0.1, 0.15) is 13.8 Å². The van der Waals surface area contributed by atoms with E-state index in [1.165, 1.54) is 11.8 Å². The van der Waals surface area contributed by atoms with Crippen LogP contribution in [0.5, 0.6) is 0 Å². The van der Waals surface area contributed by atoms with Crippen molar-refractivity contribution < 1.29 is 8.42 Å². The van der Waals surface area contributed by atoms with Crippen molar-refractivity contribution in [2.24, 2.45) is 11.8 Å². The molecule has 112 valence electrons. The topological polar surface area (TPSA) is 63.4 Å². The Morgan fingerprint density at radius 1 is 1.30 bits per heavy atom. The van der Waals surface area contributed by atoms with Gasteiger partial charge in [0.25, 0.3) is 0 Å². The molecule has 20 heavy (non-hydrogen) atoms. The van der Waals surface area contributed by atoms with Gasteiger partial charge in [0.2, 0.25) is 10.0 Å². The van der Waals surface area contributed by atoms with Crippen LogP contribution in [0.15, 0.2) is 29.2 Å². The van der Waals surface area contributed by atoms with Crippen LogP contribution in [-0.4, -0.2) is 37.3 Å². The fourth-order valence-electron chi connectivity index (χ4n) is 2.30. The van der Waals surface area contributed by atoms with Crippen LogP contribution in [0.25, 0.3) is 0 Å². The Morgan fingerprint density at radius 3 is 2.55 bits per heavy atom. The van der Waals surface area contributed by atoms with Crippen molar-refractivity contribution in [1.82, 2.24) is 4.31 Å². The van der Waals surface area contributed by atoms with E-state index in [4.69, 9.17) is 5.73 Å². The van der Waals surface area contributed by atoms with Crippen LogP contribution < -0.4 is 5.73 Å². The normalized spacial score (nSPS) is 24.1. The number of thioether (sulfide) groups is 1. The van der Waals surface area contributed by atoms with Crippen LogP contribution in [0.2, 0.25) is 0 Å². The third kappa shape index (κ3) is 3.90. The molecule has 0 aliphatic carbocycles. The summed E-state index contributed by atoms with van der Waals surface area (Å²) in [6, 6.07) is 7.54. The molecule has 1 aromatic rings. The first-order valence-corrected chi connectivity index (χ1v) is 9.44. The van der Waals surface area contributed by atoms with Crippen molar-refractivity contribution in [3.8, 4) is 0 Å². The third-order valence-electron chi connectivity index (χ3n) is 3.82. The average Bonchev–Trinajstić information content (AvgIpc) is 2.70. The van der Waals surface area contributed by atoms with Gasteiger partial charge >= 0.3 is 0 Å². The second-order valence-corrected chi connectivity index (χ2v) is 8.77. The first-order valence-electron chi connectivity index (χ1n) is 6.84. The van der Waals surface area contributed by atoms with E-state index in [1.807, 2.05) is 24.3 Å². The molecule has 0 spiro atoms. The summed E-state index contributed by atoms with van der Waals surface area (Å²) >= 11 is 1.54. The van der Waals surface area contributed by atoms with Gasteiger partial charge in [0.15, 0.2) is 0 Å². The molecular weight excluding hydrogens is 292 g/mol. The Bertz CT molecular complexity index is 550. The van der Waals surface area contributed by atoms with E-state index in [1.54, 1.807) is 4.31 Å². The maximum atomic E-state index is 12.3. The van der Waals surface area contributed by atoms with Gasteiger partial charge in [-0.2, -0.15) is 0 Å². The van der Waals surface area contributed by atoms with Crippen molar-refractivity contribution in [2.75, 3.05) is 30.3 Å². The van der Waals surface area contributed by atoms with Gasteiger partial charge in [0, 0.05) is 29.4 Å². The number of hydrogen-bond acceptors (Lipinski definition) is 4. The first-order chi connectivity index (χ1) is 9.38. The van der Waals surface area contributed by atoms with Gasteiger partial charge in [-0.15, -0.1) is 11.8 Å². The van der Waals surface area contributed by atoms with E-state index in [2.05, 4.69) is 13.8 Å². The Labute approximate surface area is 125 Å². The number of nitrogens with zero attached hydrogens (tertiary/aromatic N) is 1. The molecule has 0 amide bonds. The summed E-state index contributed by atoms with van der Waals surface area (Å²) in [5.74, 6) is 1.65. The Hall–Kier alpha value is -0.720. The van der Waals surface area contributed by atoms with Gasteiger partial charge in [0.05, 0.1) is 5.75 Å². The SMILES string of the molecule is CC1CN(S(=O)(=O)CCSc2cccc(N)c2)CC1C. The summed E-state index contributed by atoms with van der Waals surface area (Å²) in [7, 11) is -3.12. The predicted octanol–water partition coefficient (Wildman–Crippen LogP) is 2.28. The number of benzene rings is 1. The number of nitrogens with two attached hydrogens (primary N) is 1. The maximum absolute atomic E-state index is 12.3. The van der Waals surface area contributed by atoms with Gasteiger partial charge in [-0.1, -0.05) is 19.9 Å². The molecule has 2 unspecified atom stereocenters. The number of rotatable bonds is 5. The molecule has 1 saturated heterocycles. The monoisotopic (exact) mass is 314 g/mol. The molecule has 2 atom stereocenters. The molecule has 2 rings (SSSR count). The lowest BCUT2D eigenvalue weighted by Gasteiger charge is -2.15. The minimum Gasteiger partial charge on any atom is -0.399 e. The van der Waals surface area contributed by atoms with Crippen molar-refractivity contribution in [1.29, 1.82) is 0 Å². The Kier molecular flexibility index (Phi) is 4.99. The lowest BCUT2D eigenvalue weighted by molar-refractivity contribution is 0.464. The van der Waals surface area contributed by atoms with Gasteiger partial charge < -0.3 is 5.73 Å². The van der Waals surface area contributed by atoms with Crippen LogP contribution in [0.4, 0.5) is 5.69 Å². The average molecular weight is 314 g/mol. The van der Waals surface area contributed by atoms with Gasteiger partial charge in [-0.3, -0.25) is 0 Å². The number of nitrogen functional groups attached to an aromatic ring is 1. The lowest BCUT2D eigenvalue weighted by Crippen LogP contribution is -2.31. The van der Waals surface area contributed by atoms with Crippen molar-refractivity contribution in [2.45, 2.75) is 18.7 Å². The highest BCUT2D eigenvalue weighted by Crippen LogP contribution is 2.26. The second-order valence-electron chi connectivity index (χ2n) is 5.51. The van der Waals surface area contributed by atoms with E-state index < -0.39 is 10.0 Å². The lowest BCUT2D eigenvalue weighted by atomic mass is 10.0. The molecule has 2 N–H and O–H groups in total. The Morgan fingerprint density at radius 2 is 1.95 bits per heavy atom. The Balaban J connectivity index is 1.87. The molecule has 1 aliphatic rings. The summed E-state index contributed by atoms with van der Waals surface area (Å²) in [6.07, 6.45) is 0. The zero-order valence-electron chi connectivity index (χ0n) is 12.0. The molecule has 0 aromatic heterocycles. The van der Waals surface area contributed by atoms with Crippen molar-refractivity contribution in [3.05, 3.63) is 24.3 Å². The van der Waals surface area contributed by atoms with Gasteiger partial charge in [-0.25, -0.2) is 12.7 Å². The molecular formula is C14H22N2O2S2. The van der Waals surface area contributed by atoms with Crippen molar-refractivity contribution >= 4 is 27.5 Å². The molecule has 1 aromatic carbocycles. The summed E-state index contributed by atoms with van der Waals surface area (Å²) in [5.41, 5.74) is 6.41. The number of hydrogen-bond donors (Lipinski definition) is 1. The predicted molar refractivity (Wildman–Crippen MR) is 85.3 cm³/mol. The van der Waals surface area contributed by atoms with E-state index in [0.717, 1.165) is 4.90 Å². The minimum atomic E-state index is -3.12. The molecule has 0 bridgehead atoms. The zero-order chi connectivity index (χ0) is 14.8. The second kappa shape index (κ2) is 6.37. The number of sulfonamides is 1. The quantitative estimate of drug-likeness (QED) is 0.669. The maximum Gasteiger partial charge on any atom is 0.214 e. The van der Waals surface area contributed by atoms with Crippen LogP contribution in [-0.2, 0) is 10.0 Å². The fraction of sp³-hybridized carbons (Fsp3) is 0.571. The van der Waals surface area contributed by atoms with E-state index in [9.17, 15) is 8.42 Å². The third-order valence-corrected chi connectivity index (χ3v) is 6.88. The van der Waals surface area contributed by atoms with Crippen LogP contribution >= 0.6 is 11.8 Å². The van der Waals surface area contributed by atoms with Crippen LogP contribution in [0, 0.1) is 11.8 Å². The molecule has 1 aliphatic heterocycles. The molecule has 6 heteroatoms. The van der Waals surface area contributed by atoms with E-state index >= 15 is 0 Å². The highest BCUT2D eigenvalue weighted by molar-refractivity contribution is 8.00. The van der Waals surface area contributed by atoms with E-state index in [0.29, 0.717) is 36.4 Å². The fourth-order valence-corrected chi connectivity index (χ4v) is 5.29. The number of anilines is 1. The molecule has 4 nitrogen and oxygen atoms in total. The first kappa shape index (κ1) is 15.7. The van der Waals surface area contributed by atoms with Crippen molar-refractivity contribution in [3.63, 3.8) is 0 Å². The largest absolute Gasteiger partial charge is 0.399 e. The molecule has 1 fully saturated rings. The smallest absolute Gasteiger partial charge is 0.214 e. The summed E-state index contributed by atoms with van der Waals surface area (Å²) < 4.78 is 26.2. The molecule has 0 radical (unpaired) electrons. The molecule has 1 heterocycles. The zero-order valence-corrected chi connectivity index (χ0v) is 13.6.